The van der Waals surface area contributed by atoms with Gasteiger partial charge in [0, 0.05) is 4.91 Å². The van der Waals surface area contributed by atoms with Crippen LogP contribution >= 0.6 is 0 Å². The molecule has 10 heavy (non-hydrogen) atoms. The second-order valence-corrected chi connectivity index (χ2v) is 3.43. The fourth-order valence-corrected chi connectivity index (χ4v) is 1.52. The van der Waals surface area contributed by atoms with Gasteiger partial charge >= 0.3 is 0 Å². The molecular formula is C7H9O2S-. The zero-order valence-corrected chi connectivity index (χ0v) is 6.56. The molecule has 2 atom stereocenters. The molecule has 1 aliphatic carbocycles. The highest BCUT2D eigenvalue weighted by Crippen LogP contribution is 2.19. The van der Waals surface area contributed by atoms with Gasteiger partial charge in [0.15, 0.2) is 0 Å². The smallest absolute Gasteiger partial charge is 0.00296 e. The monoisotopic (exact) mass is 157 g/mol. The lowest BCUT2D eigenvalue weighted by molar-refractivity contribution is 0.538. The van der Waals surface area contributed by atoms with E-state index in [1.807, 2.05) is 13.0 Å². The Morgan fingerprint density at radius 1 is 1.80 bits per heavy atom. The molecule has 3 heteroatoms. The van der Waals surface area contributed by atoms with Gasteiger partial charge in [0.1, 0.15) is 0 Å². The average molecular weight is 157 g/mol. The van der Waals surface area contributed by atoms with E-state index < -0.39 is 11.1 Å². The minimum absolute atomic E-state index is 0.359. The Morgan fingerprint density at radius 3 is 2.90 bits per heavy atom. The number of hydrogen-bond donors (Lipinski definition) is 0. The van der Waals surface area contributed by atoms with Crippen molar-refractivity contribution in [3.63, 3.8) is 0 Å². The highest BCUT2D eigenvalue weighted by atomic mass is 32.2. The molecule has 0 aromatic rings. The van der Waals surface area contributed by atoms with Gasteiger partial charge in [0.05, 0.1) is 0 Å². The zero-order valence-electron chi connectivity index (χ0n) is 5.74. The molecular weight excluding hydrogens is 148 g/mol. The molecule has 0 aromatic heterocycles. The van der Waals surface area contributed by atoms with Gasteiger partial charge in [-0.2, -0.15) is 0 Å². The predicted octanol–water partition coefficient (Wildman–Crippen LogP) is 1.35. The first-order chi connectivity index (χ1) is 4.70. The SMILES string of the molecule is CC1C=CC=C(S(=O)[O-])C1. The van der Waals surface area contributed by atoms with Gasteiger partial charge in [0.25, 0.3) is 0 Å². The lowest BCUT2D eigenvalue weighted by Crippen LogP contribution is -2.01. The van der Waals surface area contributed by atoms with Crippen molar-refractivity contribution in [2.75, 3.05) is 0 Å². The topological polar surface area (TPSA) is 40.1 Å². The van der Waals surface area contributed by atoms with E-state index in [0.29, 0.717) is 17.2 Å². The van der Waals surface area contributed by atoms with Crippen LogP contribution in [0.3, 0.4) is 0 Å². The second-order valence-electron chi connectivity index (χ2n) is 2.43. The van der Waals surface area contributed by atoms with Crippen LogP contribution in [0.5, 0.6) is 0 Å². The Labute approximate surface area is 62.9 Å². The molecule has 2 unspecified atom stereocenters. The van der Waals surface area contributed by atoms with E-state index in [2.05, 4.69) is 0 Å². The third-order valence-corrected chi connectivity index (χ3v) is 2.19. The van der Waals surface area contributed by atoms with Crippen LogP contribution in [0, 0.1) is 5.92 Å². The normalized spacial score (nSPS) is 27.8. The number of rotatable bonds is 1. The van der Waals surface area contributed by atoms with Gasteiger partial charge in [-0.15, -0.1) is 0 Å². The number of allylic oxidation sites excluding steroid dienone is 4. The molecule has 0 aromatic carbocycles. The zero-order chi connectivity index (χ0) is 7.56. The van der Waals surface area contributed by atoms with Crippen LogP contribution in [0.4, 0.5) is 0 Å². The minimum atomic E-state index is -2.01. The molecule has 0 amide bonds. The molecule has 0 heterocycles. The summed E-state index contributed by atoms with van der Waals surface area (Å²) < 4.78 is 20.8. The van der Waals surface area contributed by atoms with Gasteiger partial charge in [-0.05, 0) is 23.4 Å². The van der Waals surface area contributed by atoms with Crippen LogP contribution in [-0.2, 0) is 11.1 Å². The summed E-state index contributed by atoms with van der Waals surface area (Å²) >= 11 is -2.01. The lowest BCUT2D eigenvalue weighted by atomic mass is 10.0. The van der Waals surface area contributed by atoms with Crippen LogP contribution in [0.2, 0.25) is 0 Å². The van der Waals surface area contributed by atoms with Crippen LogP contribution in [0.1, 0.15) is 13.3 Å². The van der Waals surface area contributed by atoms with Crippen LogP contribution in [-0.4, -0.2) is 8.76 Å². The molecule has 0 aliphatic heterocycles. The van der Waals surface area contributed by atoms with Crippen molar-refractivity contribution < 1.29 is 8.76 Å². The molecule has 0 bridgehead atoms. The molecule has 0 fully saturated rings. The Balaban J connectivity index is 2.71. The Bertz CT molecular complexity index is 206. The van der Waals surface area contributed by atoms with Gasteiger partial charge in [-0.1, -0.05) is 25.2 Å². The molecule has 0 saturated heterocycles. The van der Waals surface area contributed by atoms with Crippen molar-refractivity contribution in [2.45, 2.75) is 13.3 Å². The third kappa shape index (κ3) is 1.78. The highest BCUT2D eigenvalue weighted by molar-refractivity contribution is 7.83. The van der Waals surface area contributed by atoms with Crippen molar-refractivity contribution in [1.82, 2.24) is 0 Å². The van der Waals surface area contributed by atoms with Crippen molar-refractivity contribution in [1.29, 1.82) is 0 Å². The Hall–Kier alpha value is -0.410. The van der Waals surface area contributed by atoms with Gasteiger partial charge in [0.2, 0.25) is 0 Å². The summed E-state index contributed by atoms with van der Waals surface area (Å²) in [4.78, 5) is 0.509. The molecule has 1 rings (SSSR count). The maximum absolute atomic E-state index is 10.4. The Kier molecular flexibility index (Phi) is 2.40. The van der Waals surface area contributed by atoms with Gasteiger partial charge in [-0.3, -0.25) is 4.21 Å². The summed E-state index contributed by atoms with van der Waals surface area (Å²) in [5.74, 6) is 0.359. The fourth-order valence-electron chi connectivity index (χ4n) is 0.930. The molecule has 2 nitrogen and oxygen atoms in total. The lowest BCUT2D eigenvalue weighted by Gasteiger charge is -2.15. The second kappa shape index (κ2) is 3.12. The van der Waals surface area contributed by atoms with E-state index in [9.17, 15) is 8.76 Å². The first kappa shape index (κ1) is 7.69. The molecule has 1 aliphatic rings. The molecule has 0 radical (unpaired) electrons. The molecule has 0 saturated carbocycles. The quantitative estimate of drug-likeness (QED) is 0.539. The van der Waals surface area contributed by atoms with Crippen LogP contribution < -0.4 is 0 Å². The van der Waals surface area contributed by atoms with Gasteiger partial charge in [-0.25, -0.2) is 0 Å². The summed E-state index contributed by atoms with van der Waals surface area (Å²) in [5.41, 5.74) is 0. The maximum Gasteiger partial charge on any atom is 0.00296 e. The fraction of sp³-hybridized carbons (Fsp3) is 0.429. The molecule has 0 N–H and O–H groups in total. The van der Waals surface area contributed by atoms with E-state index in [1.54, 1.807) is 12.2 Å². The van der Waals surface area contributed by atoms with E-state index in [0.717, 1.165) is 0 Å². The standard InChI is InChI=1S/C7H10O2S/c1-6-3-2-4-7(5-6)10(8)9/h2-4,6H,5H2,1H3,(H,8,9)/p-1. The first-order valence-corrected chi connectivity index (χ1v) is 4.24. The summed E-state index contributed by atoms with van der Waals surface area (Å²) in [6.45, 7) is 2.00. The maximum atomic E-state index is 10.4. The summed E-state index contributed by atoms with van der Waals surface area (Å²) in [7, 11) is 0. The highest BCUT2D eigenvalue weighted by Gasteiger charge is 2.05. The van der Waals surface area contributed by atoms with Gasteiger partial charge < -0.3 is 4.55 Å². The van der Waals surface area contributed by atoms with Crippen LogP contribution in [0.15, 0.2) is 23.1 Å². The van der Waals surface area contributed by atoms with E-state index >= 15 is 0 Å². The van der Waals surface area contributed by atoms with E-state index in [-0.39, 0.29) is 0 Å². The summed E-state index contributed by atoms with van der Waals surface area (Å²) in [6.07, 6.45) is 6.07. The largest absolute Gasteiger partial charge is 0.769 e. The van der Waals surface area contributed by atoms with Crippen molar-refractivity contribution in [2.24, 2.45) is 5.92 Å². The minimum Gasteiger partial charge on any atom is -0.769 e. The van der Waals surface area contributed by atoms with E-state index in [1.165, 1.54) is 0 Å². The third-order valence-electron chi connectivity index (χ3n) is 1.46. The molecule has 56 valence electrons. The Morgan fingerprint density at radius 2 is 2.50 bits per heavy atom. The van der Waals surface area contributed by atoms with E-state index in [4.69, 9.17) is 0 Å². The van der Waals surface area contributed by atoms with Crippen LogP contribution in [0.25, 0.3) is 0 Å². The first-order valence-electron chi connectivity index (χ1n) is 3.17. The summed E-state index contributed by atoms with van der Waals surface area (Å²) in [5, 5.41) is 0. The predicted molar refractivity (Wildman–Crippen MR) is 39.9 cm³/mol. The number of hydrogen-bond acceptors (Lipinski definition) is 2. The molecule has 0 spiro atoms. The van der Waals surface area contributed by atoms with Crippen molar-refractivity contribution in [3.05, 3.63) is 23.1 Å². The summed E-state index contributed by atoms with van der Waals surface area (Å²) in [6, 6.07) is 0. The average Bonchev–Trinajstić information content (AvgIpc) is 1.88. The van der Waals surface area contributed by atoms with Crippen molar-refractivity contribution >= 4 is 11.1 Å². The van der Waals surface area contributed by atoms with Crippen molar-refractivity contribution in [3.8, 4) is 0 Å².